The van der Waals surface area contributed by atoms with Gasteiger partial charge in [0.25, 0.3) is 0 Å². The Kier molecular flexibility index (Phi) is 5.44. The zero-order chi connectivity index (χ0) is 16.4. The molecule has 0 bridgehead atoms. The summed E-state index contributed by atoms with van der Waals surface area (Å²) in [4.78, 5) is 0.0187. The average molecular weight is 333 g/mol. The van der Waals surface area contributed by atoms with E-state index in [4.69, 9.17) is 0 Å². The molecule has 0 saturated carbocycles. The van der Waals surface area contributed by atoms with Gasteiger partial charge in [-0.25, -0.2) is 16.8 Å². The summed E-state index contributed by atoms with van der Waals surface area (Å²) in [6.45, 7) is 6.11. The Morgan fingerprint density at radius 2 is 1.62 bits per heavy atom. The molecule has 0 heterocycles. The molecular weight excluding hydrogens is 310 g/mol. The molecule has 0 aromatic heterocycles. The van der Waals surface area contributed by atoms with Gasteiger partial charge in [0.1, 0.15) is 0 Å². The topological polar surface area (TPSA) is 80.3 Å². The van der Waals surface area contributed by atoms with Gasteiger partial charge < -0.3 is 5.32 Å². The predicted octanol–water partition coefficient (Wildman–Crippen LogP) is 2.34. The Morgan fingerprint density at radius 3 is 2.05 bits per heavy atom. The van der Waals surface area contributed by atoms with Gasteiger partial charge in [-0.1, -0.05) is 20.3 Å². The minimum absolute atomic E-state index is 0.00432. The summed E-state index contributed by atoms with van der Waals surface area (Å²) in [5, 5.41) is 3.17. The highest BCUT2D eigenvalue weighted by Crippen LogP contribution is 2.27. The summed E-state index contributed by atoms with van der Waals surface area (Å²) in [6.07, 6.45) is 3.10. The number of hydrogen-bond acceptors (Lipinski definition) is 5. The van der Waals surface area contributed by atoms with E-state index in [1.165, 1.54) is 18.2 Å². The van der Waals surface area contributed by atoms with Crippen molar-refractivity contribution in [3.63, 3.8) is 0 Å². The Balaban J connectivity index is 3.34. The van der Waals surface area contributed by atoms with Crippen molar-refractivity contribution in [1.29, 1.82) is 0 Å². The Morgan fingerprint density at radius 1 is 1.05 bits per heavy atom. The number of nitrogens with one attached hydrogen (secondary N) is 1. The lowest BCUT2D eigenvalue weighted by Gasteiger charge is -2.22. The van der Waals surface area contributed by atoms with Crippen LogP contribution in [0.1, 0.15) is 27.2 Å². The van der Waals surface area contributed by atoms with Crippen molar-refractivity contribution in [2.75, 3.05) is 17.8 Å². The van der Waals surface area contributed by atoms with Crippen molar-refractivity contribution < 1.29 is 16.8 Å². The second-order valence-electron chi connectivity index (χ2n) is 5.52. The fraction of sp³-hybridized carbons (Fsp3) is 0.571. The molecule has 21 heavy (non-hydrogen) atoms. The first-order valence-electron chi connectivity index (χ1n) is 6.77. The summed E-state index contributed by atoms with van der Waals surface area (Å²) in [5.41, 5.74) is 0.442. The summed E-state index contributed by atoms with van der Waals surface area (Å²) < 4.78 is 47.0. The lowest BCUT2D eigenvalue weighted by atomic mass is 10.0. The molecule has 0 fully saturated rings. The minimum Gasteiger partial charge on any atom is -0.381 e. The van der Waals surface area contributed by atoms with Crippen LogP contribution in [0.5, 0.6) is 0 Å². The molecule has 0 aliphatic rings. The van der Waals surface area contributed by atoms with E-state index in [0.717, 1.165) is 18.9 Å². The van der Waals surface area contributed by atoms with Gasteiger partial charge in [0, 0.05) is 18.6 Å². The molecule has 1 aromatic rings. The van der Waals surface area contributed by atoms with Crippen LogP contribution >= 0.6 is 0 Å². The van der Waals surface area contributed by atoms with Gasteiger partial charge in [-0.2, -0.15) is 0 Å². The van der Waals surface area contributed by atoms with Gasteiger partial charge in [-0.05, 0) is 31.0 Å². The van der Waals surface area contributed by atoms with Crippen molar-refractivity contribution >= 4 is 25.4 Å². The number of anilines is 1. The van der Waals surface area contributed by atoms with Crippen LogP contribution in [0.25, 0.3) is 0 Å². The van der Waals surface area contributed by atoms with Crippen LogP contribution in [-0.2, 0) is 19.7 Å². The van der Waals surface area contributed by atoms with Crippen molar-refractivity contribution in [1.82, 2.24) is 0 Å². The Hall–Kier alpha value is -1.08. The molecule has 5 nitrogen and oxygen atoms in total. The van der Waals surface area contributed by atoms with Crippen LogP contribution < -0.4 is 5.32 Å². The lowest BCUT2D eigenvalue weighted by molar-refractivity contribution is 0.494. The summed E-state index contributed by atoms with van der Waals surface area (Å²) in [6, 6.07) is 4.25. The molecular formula is C14H23NO4S2. The first-order chi connectivity index (χ1) is 9.46. The van der Waals surface area contributed by atoms with Crippen molar-refractivity contribution in [2.24, 2.45) is 5.92 Å². The fourth-order valence-electron chi connectivity index (χ4n) is 1.90. The first-order valence-corrected chi connectivity index (χ1v) is 10.6. The molecule has 0 unspecified atom stereocenters. The van der Waals surface area contributed by atoms with Crippen LogP contribution in [0.15, 0.2) is 28.0 Å². The van der Waals surface area contributed by atoms with E-state index in [2.05, 4.69) is 19.2 Å². The van der Waals surface area contributed by atoms with Crippen molar-refractivity contribution in [2.45, 2.75) is 43.0 Å². The highest BCUT2D eigenvalue weighted by Gasteiger charge is 2.20. The molecule has 2 atom stereocenters. The van der Waals surface area contributed by atoms with Gasteiger partial charge >= 0.3 is 0 Å². The van der Waals surface area contributed by atoms with Gasteiger partial charge in [0.2, 0.25) is 0 Å². The average Bonchev–Trinajstić information content (AvgIpc) is 2.35. The van der Waals surface area contributed by atoms with Crippen LogP contribution in [0, 0.1) is 5.92 Å². The maximum Gasteiger partial charge on any atom is 0.177 e. The van der Waals surface area contributed by atoms with Crippen LogP contribution in [-0.4, -0.2) is 35.4 Å². The summed E-state index contributed by atoms with van der Waals surface area (Å²) in [5.74, 6) is 0.368. The zero-order valence-corrected chi connectivity index (χ0v) is 14.7. The molecule has 1 aromatic carbocycles. The number of sulfone groups is 2. The molecule has 0 aliphatic carbocycles. The maximum atomic E-state index is 11.9. The third-order valence-electron chi connectivity index (χ3n) is 3.66. The summed E-state index contributed by atoms with van der Waals surface area (Å²) >= 11 is 0. The van der Waals surface area contributed by atoms with Gasteiger partial charge in [-0.15, -0.1) is 0 Å². The van der Waals surface area contributed by atoms with Crippen LogP contribution in [0.2, 0.25) is 0 Å². The van der Waals surface area contributed by atoms with E-state index in [0.29, 0.717) is 11.6 Å². The van der Waals surface area contributed by atoms with Gasteiger partial charge in [0.15, 0.2) is 19.7 Å². The Bertz CT molecular complexity index is 708. The van der Waals surface area contributed by atoms with Gasteiger partial charge in [-0.3, -0.25) is 0 Å². The highest BCUT2D eigenvalue weighted by molar-refractivity contribution is 7.91. The van der Waals surface area contributed by atoms with E-state index >= 15 is 0 Å². The largest absolute Gasteiger partial charge is 0.381 e. The van der Waals surface area contributed by atoms with E-state index in [9.17, 15) is 16.8 Å². The molecule has 1 rings (SSSR count). The molecule has 1 N–H and O–H groups in total. The Labute approximate surface area is 127 Å². The highest BCUT2D eigenvalue weighted by atomic mass is 32.2. The smallest absolute Gasteiger partial charge is 0.177 e. The van der Waals surface area contributed by atoms with Crippen LogP contribution in [0.4, 0.5) is 5.69 Å². The van der Waals surface area contributed by atoms with Crippen molar-refractivity contribution in [3.8, 4) is 0 Å². The fourth-order valence-corrected chi connectivity index (χ4v) is 3.49. The molecule has 7 heteroatoms. The van der Waals surface area contributed by atoms with Crippen molar-refractivity contribution in [3.05, 3.63) is 18.2 Å². The van der Waals surface area contributed by atoms with Crippen LogP contribution in [0.3, 0.4) is 0 Å². The second kappa shape index (κ2) is 6.36. The van der Waals surface area contributed by atoms with E-state index in [1.54, 1.807) is 0 Å². The quantitative estimate of drug-likeness (QED) is 0.864. The monoisotopic (exact) mass is 333 g/mol. The molecule has 120 valence electrons. The number of benzene rings is 1. The minimum atomic E-state index is -3.52. The predicted molar refractivity (Wildman–Crippen MR) is 85.2 cm³/mol. The molecule has 0 saturated heterocycles. The van der Waals surface area contributed by atoms with E-state index in [-0.39, 0.29) is 15.8 Å². The lowest BCUT2D eigenvalue weighted by Crippen LogP contribution is -2.24. The molecule has 0 amide bonds. The SMILES string of the molecule is CC[C@@H](C)[C@@H](C)Nc1ccc(S(C)(=O)=O)cc1S(C)(=O)=O. The maximum absolute atomic E-state index is 11.9. The number of hydrogen-bond donors (Lipinski definition) is 1. The standard InChI is InChI=1S/C14H23NO4S2/c1-6-10(2)11(3)15-13-8-7-12(20(4,16)17)9-14(13)21(5,18)19/h7-11,15H,6H2,1-5H3/t10-,11-/m1/s1. The third kappa shape index (κ3) is 4.71. The summed E-state index contributed by atoms with van der Waals surface area (Å²) in [7, 11) is -6.97. The zero-order valence-electron chi connectivity index (χ0n) is 13.0. The normalized spacial score (nSPS) is 15.5. The van der Waals surface area contributed by atoms with E-state index < -0.39 is 19.7 Å². The van der Waals surface area contributed by atoms with E-state index in [1.807, 2.05) is 6.92 Å². The molecule has 0 spiro atoms. The number of rotatable bonds is 6. The molecule has 0 radical (unpaired) electrons. The third-order valence-corrected chi connectivity index (χ3v) is 5.91. The first kappa shape index (κ1) is 18.0. The molecule has 0 aliphatic heterocycles. The second-order valence-corrected chi connectivity index (χ2v) is 9.52. The van der Waals surface area contributed by atoms with Gasteiger partial charge in [0.05, 0.1) is 15.5 Å².